The number of aryl methyl sites for hydroxylation is 1. The summed E-state index contributed by atoms with van der Waals surface area (Å²) in [5, 5.41) is 14.0. The zero-order valence-electron chi connectivity index (χ0n) is 15.1. The van der Waals surface area contributed by atoms with Gasteiger partial charge in [0.1, 0.15) is 5.75 Å². The van der Waals surface area contributed by atoms with Gasteiger partial charge in [0.25, 0.3) is 0 Å². The van der Waals surface area contributed by atoms with Crippen LogP contribution >= 0.6 is 0 Å². The van der Waals surface area contributed by atoms with Gasteiger partial charge in [-0.25, -0.2) is 13.1 Å². The zero-order valence-corrected chi connectivity index (χ0v) is 15.9. The molecule has 2 rings (SSSR count). The number of unbranched alkanes of at least 4 members (excludes halogenated alkanes) is 1. The Morgan fingerprint density at radius 1 is 1.27 bits per heavy atom. The largest absolute Gasteiger partial charge is 0.350 e. The lowest BCUT2D eigenvalue weighted by Crippen LogP contribution is -2.28. The van der Waals surface area contributed by atoms with Crippen LogP contribution in [-0.4, -0.2) is 40.3 Å². The fourth-order valence-corrected chi connectivity index (χ4v) is 3.70. The van der Waals surface area contributed by atoms with E-state index in [2.05, 4.69) is 20.8 Å². The molecule has 0 aliphatic rings. The Bertz CT molecular complexity index is 805. The fraction of sp³-hybridized carbons (Fsp3) is 0.529. The van der Waals surface area contributed by atoms with E-state index in [1.165, 1.54) is 4.68 Å². The third-order valence-corrected chi connectivity index (χ3v) is 5.52. The monoisotopic (exact) mass is 379 g/mol. The van der Waals surface area contributed by atoms with Crippen molar-refractivity contribution < 1.29 is 13.2 Å². The van der Waals surface area contributed by atoms with Crippen molar-refractivity contribution in [3.8, 4) is 0 Å². The Hall–Kier alpha value is -2.29. The van der Waals surface area contributed by atoms with E-state index in [0.29, 0.717) is 12.4 Å². The predicted molar refractivity (Wildman–Crippen MR) is 97.8 cm³/mol. The molecule has 0 spiro atoms. The lowest BCUT2D eigenvalue weighted by Gasteiger charge is -2.14. The van der Waals surface area contributed by atoms with E-state index in [1.807, 2.05) is 44.2 Å². The summed E-state index contributed by atoms with van der Waals surface area (Å²) in [7, 11) is -3.47. The van der Waals surface area contributed by atoms with Crippen LogP contribution in [0.25, 0.3) is 0 Å². The summed E-state index contributed by atoms with van der Waals surface area (Å²) in [5.41, 5.74) is 0.971. The van der Waals surface area contributed by atoms with Crippen molar-refractivity contribution in [2.24, 2.45) is 0 Å². The molecular weight excluding hydrogens is 354 g/mol. The molecule has 1 atom stereocenters. The van der Waals surface area contributed by atoms with Gasteiger partial charge in [0.05, 0.1) is 11.8 Å². The number of carbonyl (C=O) groups is 1. The van der Waals surface area contributed by atoms with Crippen molar-refractivity contribution in [3.63, 3.8) is 0 Å². The molecule has 0 aliphatic heterocycles. The smallest absolute Gasteiger partial charge is 0.221 e. The van der Waals surface area contributed by atoms with Gasteiger partial charge in [-0.1, -0.05) is 43.7 Å². The van der Waals surface area contributed by atoms with Crippen LogP contribution in [-0.2, 0) is 26.9 Å². The quantitative estimate of drug-likeness (QED) is 0.673. The summed E-state index contributed by atoms with van der Waals surface area (Å²) in [6.45, 7) is 4.49. The second-order valence-electron chi connectivity index (χ2n) is 6.21. The maximum Gasteiger partial charge on any atom is 0.221 e. The molecule has 1 amide bonds. The van der Waals surface area contributed by atoms with Crippen LogP contribution in [0.3, 0.4) is 0 Å². The number of amides is 1. The summed E-state index contributed by atoms with van der Waals surface area (Å²) in [5.74, 6) is -0.473. The molecule has 0 fully saturated rings. The minimum atomic E-state index is -3.47. The Kier molecular flexibility index (Phi) is 7.26. The topological polar surface area (TPSA) is 107 Å². The molecule has 0 unspecified atom stereocenters. The molecule has 142 valence electrons. The predicted octanol–water partition coefficient (Wildman–Crippen LogP) is 1.66. The first-order chi connectivity index (χ1) is 12.4. The number of rotatable bonds is 10. The average molecular weight is 379 g/mol. The highest BCUT2D eigenvalue weighted by Crippen LogP contribution is 2.12. The number of aromatic nitrogens is 4. The van der Waals surface area contributed by atoms with Crippen LogP contribution in [0.4, 0.5) is 0 Å². The van der Waals surface area contributed by atoms with Crippen LogP contribution in [0.1, 0.15) is 50.5 Å². The standard InChI is InChI=1S/C17H25N5O3S/c1-3-4-11-22-16(19-20-21-22)13-26(24,25)12-10-17(23)18-14(2)15-8-6-5-7-9-15/h5-9,14H,3-4,10-13H2,1-2H3,(H,18,23)/t14-/m1/s1. The molecule has 0 aliphatic carbocycles. The lowest BCUT2D eigenvalue weighted by atomic mass is 10.1. The molecule has 8 nitrogen and oxygen atoms in total. The van der Waals surface area contributed by atoms with E-state index in [9.17, 15) is 13.2 Å². The van der Waals surface area contributed by atoms with Crippen LogP contribution in [0, 0.1) is 0 Å². The van der Waals surface area contributed by atoms with E-state index in [1.54, 1.807) is 0 Å². The second-order valence-corrected chi connectivity index (χ2v) is 8.40. The lowest BCUT2D eigenvalue weighted by molar-refractivity contribution is -0.121. The molecule has 0 saturated heterocycles. The van der Waals surface area contributed by atoms with Crippen LogP contribution in [0.5, 0.6) is 0 Å². The Labute approximate surface area is 153 Å². The van der Waals surface area contributed by atoms with E-state index < -0.39 is 9.84 Å². The Balaban J connectivity index is 1.85. The minimum absolute atomic E-state index is 0.0873. The highest BCUT2D eigenvalue weighted by atomic mass is 32.2. The van der Waals surface area contributed by atoms with Gasteiger partial charge in [-0.3, -0.25) is 4.79 Å². The van der Waals surface area contributed by atoms with E-state index in [0.717, 1.165) is 18.4 Å². The molecule has 1 heterocycles. The number of nitrogens with one attached hydrogen (secondary N) is 1. The molecular formula is C17H25N5O3S. The molecule has 0 bridgehead atoms. The van der Waals surface area contributed by atoms with E-state index >= 15 is 0 Å². The van der Waals surface area contributed by atoms with Gasteiger partial charge >= 0.3 is 0 Å². The number of benzene rings is 1. The average Bonchev–Trinajstić information content (AvgIpc) is 3.05. The molecule has 2 aromatic rings. The van der Waals surface area contributed by atoms with Gasteiger partial charge < -0.3 is 5.32 Å². The molecule has 26 heavy (non-hydrogen) atoms. The number of nitrogens with zero attached hydrogens (tertiary/aromatic N) is 4. The molecule has 0 radical (unpaired) electrons. The Morgan fingerprint density at radius 3 is 2.69 bits per heavy atom. The first kappa shape index (κ1) is 20.0. The molecule has 1 aromatic heterocycles. The molecule has 0 saturated carbocycles. The van der Waals surface area contributed by atoms with Crippen LogP contribution in [0.15, 0.2) is 30.3 Å². The highest BCUT2D eigenvalue weighted by molar-refractivity contribution is 7.90. The molecule has 1 aromatic carbocycles. The molecule has 9 heteroatoms. The van der Waals surface area contributed by atoms with Crippen molar-refractivity contribution in [1.29, 1.82) is 0 Å². The first-order valence-electron chi connectivity index (χ1n) is 8.71. The number of hydrogen-bond donors (Lipinski definition) is 1. The van der Waals surface area contributed by atoms with Gasteiger partial charge in [0.2, 0.25) is 5.91 Å². The van der Waals surface area contributed by atoms with Crippen molar-refractivity contribution >= 4 is 15.7 Å². The minimum Gasteiger partial charge on any atom is -0.350 e. The van der Waals surface area contributed by atoms with E-state index in [-0.39, 0.29) is 29.9 Å². The van der Waals surface area contributed by atoms with Gasteiger partial charge in [-0.2, -0.15) is 0 Å². The van der Waals surface area contributed by atoms with Gasteiger partial charge in [0, 0.05) is 13.0 Å². The van der Waals surface area contributed by atoms with Crippen molar-refractivity contribution in [1.82, 2.24) is 25.5 Å². The number of sulfone groups is 1. The van der Waals surface area contributed by atoms with E-state index in [4.69, 9.17) is 0 Å². The Morgan fingerprint density at radius 2 is 2.00 bits per heavy atom. The first-order valence-corrected chi connectivity index (χ1v) is 10.5. The van der Waals surface area contributed by atoms with Crippen molar-refractivity contribution in [3.05, 3.63) is 41.7 Å². The summed E-state index contributed by atoms with van der Waals surface area (Å²) in [6, 6.07) is 9.35. The molecule has 1 N–H and O–H groups in total. The SMILES string of the molecule is CCCCn1nnnc1CS(=O)(=O)CCC(=O)N[C@H](C)c1ccccc1. The second kappa shape index (κ2) is 9.42. The highest BCUT2D eigenvalue weighted by Gasteiger charge is 2.19. The normalized spacial score (nSPS) is 12.7. The fourth-order valence-electron chi connectivity index (χ4n) is 2.46. The van der Waals surface area contributed by atoms with Crippen molar-refractivity contribution in [2.45, 2.75) is 51.4 Å². The maximum atomic E-state index is 12.3. The van der Waals surface area contributed by atoms with Crippen LogP contribution in [0.2, 0.25) is 0 Å². The summed E-state index contributed by atoms with van der Waals surface area (Å²) >= 11 is 0. The van der Waals surface area contributed by atoms with Gasteiger partial charge in [-0.15, -0.1) is 5.10 Å². The van der Waals surface area contributed by atoms with Crippen molar-refractivity contribution in [2.75, 3.05) is 5.75 Å². The third kappa shape index (κ3) is 6.21. The third-order valence-electron chi connectivity index (χ3n) is 4.00. The number of carbonyl (C=O) groups excluding carboxylic acids is 1. The maximum absolute atomic E-state index is 12.3. The summed E-state index contributed by atoms with van der Waals surface area (Å²) in [6.07, 6.45) is 1.75. The summed E-state index contributed by atoms with van der Waals surface area (Å²) < 4.78 is 26.1. The van der Waals surface area contributed by atoms with Crippen LogP contribution < -0.4 is 5.32 Å². The number of hydrogen-bond acceptors (Lipinski definition) is 6. The number of tetrazole rings is 1. The van der Waals surface area contributed by atoms with Gasteiger partial charge in [0.15, 0.2) is 15.7 Å². The summed E-state index contributed by atoms with van der Waals surface area (Å²) in [4.78, 5) is 12.1. The zero-order chi connectivity index (χ0) is 19.0. The van der Waals surface area contributed by atoms with Gasteiger partial charge in [-0.05, 0) is 29.3 Å².